The minimum atomic E-state index is -4.49. The number of hydrogen-bond acceptors (Lipinski definition) is 2. The molecule has 0 atom stereocenters. The third-order valence-electron chi connectivity index (χ3n) is 2.78. The lowest BCUT2D eigenvalue weighted by Gasteiger charge is -2.14. The molecule has 0 aliphatic heterocycles. The fourth-order valence-corrected chi connectivity index (χ4v) is 1.75. The molecule has 0 fully saturated rings. The average molecular weight is 306 g/mol. The topological polar surface area (TPSA) is 41.1 Å². The summed E-state index contributed by atoms with van der Waals surface area (Å²) in [5, 5.41) is 0. The first-order chi connectivity index (χ1) is 10.5. The van der Waals surface area contributed by atoms with Crippen LogP contribution in [0.25, 0.3) is 6.08 Å². The number of halogens is 3. The zero-order chi connectivity index (χ0) is 16.0. The van der Waals surface area contributed by atoms with Crippen molar-refractivity contribution in [3.63, 3.8) is 0 Å². The number of nitrogens with one attached hydrogen (secondary N) is 2. The molecule has 0 aliphatic carbocycles. The molecule has 0 unspecified atom stereocenters. The van der Waals surface area contributed by atoms with Gasteiger partial charge in [0.05, 0.1) is 11.3 Å². The number of hydrazine groups is 1. The monoisotopic (exact) mass is 306 g/mol. The minimum Gasteiger partial charge on any atom is -0.298 e. The van der Waals surface area contributed by atoms with Crippen LogP contribution in [-0.2, 0) is 11.0 Å². The summed E-state index contributed by atoms with van der Waals surface area (Å²) >= 11 is 0. The largest absolute Gasteiger partial charge is 0.418 e. The first-order valence-corrected chi connectivity index (χ1v) is 6.42. The van der Waals surface area contributed by atoms with E-state index in [4.69, 9.17) is 0 Å². The van der Waals surface area contributed by atoms with Crippen molar-refractivity contribution in [3.05, 3.63) is 71.8 Å². The van der Waals surface area contributed by atoms with Crippen LogP contribution in [-0.4, -0.2) is 5.91 Å². The van der Waals surface area contributed by atoms with Crippen LogP contribution in [0.15, 0.2) is 60.7 Å². The maximum Gasteiger partial charge on any atom is 0.418 e. The van der Waals surface area contributed by atoms with Gasteiger partial charge < -0.3 is 0 Å². The van der Waals surface area contributed by atoms with Gasteiger partial charge in [0.25, 0.3) is 5.91 Å². The molecule has 2 aromatic rings. The van der Waals surface area contributed by atoms with Crippen molar-refractivity contribution in [2.24, 2.45) is 0 Å². The minimum absolute atomic E-state index is 0.212. The Bertz CT molecular complexity index is 667. The molecule has 0 saturated heterocycles. The fraction of sp³-hybridized carbons (Fsp3) is 0.0625. The van der Waals surface area contributed by atoms with Gasteiger partial charge in [-0.15, -0.1) is 0 Å². The van der Waals surface area contributed by atoms with E-state index in [2.05, 4.69) is 10.9 Å². The van der Waals surface area contributed by atoms with Gasteiger partial charge in [0.2, 0.25) is 0 Å². The summed E-state index contributed by atoms with van der Waals surface area (Å²) in [4.78, 5) is 11.6. The highest BCUT2D eigenvalue weighted by atomic mass is 19.4. The Labute approximate surface area is 125 Å². The molecule has 2 rings (SSSR count). The molecule has 0 bridgehead atoms. The van der Waals surface area contributed by atoms with Gasteiger partial charge in [-0.1, -0.05) is 42.5 Å². The summed E-state index contributed by atoms with van der Waals surface area (Å²) in [6, 6.07) is 14.0. The van der Waals surface area contributed by atoms with E-state index >= 15 is 0 Å². The fourth-order valence-electron chi connectivity index (χ4n) is 1.75. The second kappa shape index (κ2) is 6.80. The number of amides is 1. The summed E-state index contributed by atoms with van der Waals surface area (Å²) in [6.45, 7) is 0. The van der Waals surface area contributed by atoms with Crippen molar-refractivity contribution in [2.75, 3.05) is 5.43 Å². The third kappa shape index (κ3) is 4.37. The number of alkyl halides is 3. The van der Waals surface area contributed by atoms with Crippen molar-refractivity contribution in [1.29, 1.82) is 0 Å². The lowest BCUT2D eigenvalue weighted by Crippen LogP contribution is -2.28. The first-order valence-electron chi connectivity index (χ1n) is 6.42. The standard InChI is InChI=1S/C16H13F3N2O/c17-16(18,19)13-8-4-5-9-14(13)20-21-15(22)11-10-12-6-2-1-3-7-12/h1-11,20H,(H,21,22). The zero-order valence-corrected chi connectivity index (χ0v) is 11.4. The van der Waals surface area contributed by atoms with Crippen LogP contribution in [0.4, 0.5) is 18.9 Å². The number of para-hydroxylation sites is 1. The second-order valence-corrected chi connectivity index (χ2v) is 4.40. The average Bonchev–Trinajstić information content (AvgIpc) is 2.51. The van der Waals surface area contributed by atoms with Gasteiger partial charge >= 0.3 is 6.18 Å². The van der Waals surface area contributed by atoms with Crippen molar-refractivity contribution >= 4 is 17.7 Å². The molecule has 114 valence electrons. The Kier molecular flexibility index (Phi) is 4.83. The van der Waals surface area contributed by atoms with E-state index in [1.807, 2.05) is 18.2 Å². The van der Waals surface area contributed by atoms with Gasteiger partial charge in [-0.05, 0) is 23.8 Å². The number of carbonyl (C=O) groups is 1. The molecule has 0 aromatic heterocycles. The highest BCUT2D eigenvalue weighted by Crippen LogP contribution is 2.34. The predicted octanol–water partition coefficient (Wildman–Crippen LogP) is 3.86. The number of rotatable bonds is 4. The lowest BCUT2D eigenvalue weighted by molar-refractivity contribution is -0.137. The Balaban J connectivity index is 1.99. The molecular weight excluding hydrogens is 293 g/mol. The summed E-state index contributed by atoms with van der Waals surface area (Å²) < 4.78 is 38.3. The zero-order valence-electron chi connectivity index (χ0n) is 11.4. The van der Waals surface area contributed by atoms with Crippen LogP contribution in [0.3, 0.4) is 0 Å². The molecule has 6 heteroatoms. The van der Waals surface area contributed by atoms with E-state index in [0.717, 1.165) is 11.6 Å². The van der Waals surface area contributed by atoms with Gasteiger partial charge in [-0.25, -0.2) is 0 Å². The van der Waals surface area contributed by atoms with Crippen molar-refractivity contribution in [1.82, 2.24) is 5.43 Å². The normalized spacial score (nSPS) is 11.4. The van der Waals surface area contributed by atoms with Crippen LogP contribution in [0.2, 0.25) is 0 Å². The lowest BCUT2D eigenvalue weighted by atomic mass is 10.2. The van der Waals surface area contributed by atoms with Gasteiger partial charge in [0.1, 0.15) is 0 Å². The molecule has 2 aromatic carbocycles. The van der Waals surface area contributed by atoms with Gasteiger partial charge in [0, 0.05) is 6.08 Å². The van der Waals surface area contributed by atoms with Crippen LogP contribution >= 0.6 is 0 Å². The van der Waals surface area contributed by atoms with E-state index in [1.54, 1.807) is 18.2 Å². The molecule has 0 heterocycles. The van der Waals surface area contributed by atoms with Crippen LogP contribution in [0, 0.1) is 0 Å². The third-order valence-corrected chi connectivity index (χ3v) is 2.78. The van der Waals surface area contributed by atoms with E-state index in [0.29, 0.717) is 0 Å². The van der Waals surface area contributed by atoms with Crippen molar-refractivity contribution < 1.29 is 18.0 Å². The van der Waals surface area contributed by atoms with Crippen LogP contribution in [0.5, 0.6) is 0 Å². The second-order valence-electron chi connectivity index (χ2n) is 4.40. The van der Waals surface area contributed by atoms with E-state index in [-0.39, 0.29) is 5.69 Å². The summed E-state index contributed by atoms with van der Waals surface area (Å²) in [5.41, 5.74) is 4.25. The molecule has 3 nitrogen and oxygen atoms in total. The summed E-state index contributed by atoms with van der Waals surface area (Å²) in [7, 11) is 0. The maximum atomic E-state index is 12.8. The molecule has 0 saturated carbocycles. The summed E-state index contributed by atoms with van der Waals surface area (Å²) in [5.74, 6) is -0.555. The molecule has 22 heavy (non-hydrogen) atoms. The molecule has 2 N–H and O–H groups in total. The molecular formula is C16H13F3N2O. The smallest absolute Gasteiger partial charge is 0.298 e. The van der Waals surface area contributed by atoms with Crippen molar-refractivity contribution in [2.45, 2.75) is 6.18 Å². The number of hydrogen-bond donors (Lipinski definition) is 2. The van der Waals surface area contributed by atoms with E-state index < -0.39 is 17.6 Å². The molecule has 0 radical (unpaired) electrons. The van der Waals surface area contributed by atoms with E-state index in [1.165, 1.54) is 24.3 Å². The van der Waals surface area contributed by atoms with Crippen LogP contribution < -0.4 is 10.9 Å². The highest BCUT2D eigenvalue weighted by Gasteiger charge is 2.33. The number of benzene rings is 2. The summed E-state index contributed by atoms with van der Waals surface area (Å²) in [6.07, 6.45) is -1.70. The quantitative estimate of drug-likeness (QED) is 0.665. The van der Waals surface area contributed by atoms with Gasteiger partial charge in [-0.2, -0.15) is 13.2 Å². The number of anilines is 1. The van der Waals surface area contributed by atoms with Gasteiger partial charge in [0.15, 0.2) is 0 Å². The molecule has 0 spiro atoms. The highest BCUT2D eigenvalue weighted by molar-refractivity contribution is 5.92. The Morgan fingerprint density at radius 3 is 2.27 bits per heavy atom. The van der Waals surface area contributed by atoms with E-state index in [9.17, 15) is 18.0 Å². The van der Waals surface area contributed by atoms with Gasteiger partial charge in [-0.3, -0.25) is 15.6 Å². The number of carbonyl (C=O) groups excluding carboxylic acids is 1. The van der Waals surface area contributed by atoms with Crippen molar-refractivity contribution in [3.8, 4) is 0 Å². The Hall–Kier alpha value is -2.76. The maximum absolute atomic E-state index is 12.8. The van der Waals surface area contributed by atoms with Crippen LogP contribution in [0.1, 0.15) is 11.1 Å². The molecule has 0 aliphatic rings. The Morgan fingerprint density at radius 2 is 1.59 bits per heavy atom. The SMILES string of the molecule is O=C(C=Cc1ccccc1)NNc1ccccc1C(F)(F)F. The Morgan fingerprint density at radius 1 is 0.955 bits per heavy atom. The predicted molar refractivity (Wildman–Crippen MR) is 78.7 cm³/mol. The molecule has 1 amide bonds. The first kappa shape index (κ1) is 15.6.